The van der Waals surface area contributed by atoms with Crippen molar-refractivity contribution in [2.45, 2.75) is 0 Å². The Morgan fingerprint density at radius 1 is 0.639 bits per heavy atom. The Morgan fingerprint density at radius 3 is 1.81 bits per heavy atom. The lowest BCUT2D eigenvalue weighted by Gasteiger charge is -2.11. The molecular weight excluding hydrogens is 494 g/mol. The number of nitrogens with zero attached hydrogens (tertiary/aromatic N) is 6. The monoisotopic (exact) mass is 494 g/mol. The Balaban J connectivity index is 2.22. The molecule has 5 aromatic rings. The van der Waals surface area contributed by atoms with Crippen molar-refractivity contribution < 1.29 is 35.2 Å². The molecular formula is C22F6N6O2. The van der Waals surface area contributed by atoms with Crippen LogP contribution >= 0.6 is 0 Å². The number of hydrogen-bond donors (Lipinski definition) is 0. The van der Waals surface area contributed by atoms with Gasteiger partial charge in [-0.05, 0) is 0 Å². The molecule has 2 heterocycles. The number of halogens is 6. The summed E-state index contributed by atoms with van der Waals surface area (Å²) in [6.45, 7) is 6.96. The summed E-state index contributed by atoms with van der Waals surface area (Å²) in [6, 6.07) is 4.14. The summed E-state index contributed by atoms with van der Waals surface area (Å²) >= 11 is 0. The lowest BCUT2D eigenvalue weighted by molar-refractivity contribution is 0.478. The van der Waals surface area contributed by atoms with Crippen LogP contribution in [0.4, 0.5) is 26.3 Å². The maximum absolute atomic E-state index is 15.3. The van der Waals surface area contributed by atoms with Gasteiger partial charge in [0.25, 0.3) is 0 Å². The predicted molar refractivity (Wildman–Crippen MR) is 106 cm³/mol. The minimum atomic E-state index is -2.05. The molecule has 14 heteroatoms. The van der Waals surface area contributed by atoms with Crippen molar-refractivity contribution >= 4 is 55.0 Å². The number of hydrogen-bond acceptors (Lipinski definition) is 7. The van der Waals surface area contributed by atoms with Crippen molar-refractivity contribution in [1.29, 1.82) is 15.8 Å². The first-order chi connectivity index (χ1) is 17.2. The third kappa shape index (κ3) is 2.61. The van der Waals surface area contributed by atoms with Gasteiger partial charge >= 0.3 is 5.70 Å². The Kier molecular flexibility index (Phi) is 4.60. The molecule has 0 atom stereocenters. The van der Waals surface area contributed by atoms with Gasteiger partial charge in [-0.1, -0.05) is 0 Å². The molecule has 0 N–H and O–H groups in total. The Hall–Kier alpha value is -5.60. The number of benzene rings is 3. The molecule has 0 spiro atoms. The van der Waals surface area contributed by atoms with E-state index in [0.29, 0.717) is 0 Å². The second kappa shape index (κ2) is 7.45. The van der Waals surface area contributed by atoms with E-state index in [1.807, 2.05) is 0 Å². The van der Waals surface area contributed by atoms with Gasteiger partial charge in [0.05, 0.1) is 23.4 Å². The highest BCUT2D eigenvalue weighted by Crippen LogP contribution is 2.42. The van der Waals surface area contributed by atoms with E-state index in [4.69, 9.17) is 31.2 Å². The highest BCUT2D eigenvalue weighted by atomic mass is 19.2. The zero-order valence-corrected chi connectivity index (χ0v) is 16.8. The molecule has 0 aliphatic heterocycles. The molecule has 0 saturated carbocycles. The van der Waals surface area contributed by atoms with Gasteiger partial charge in [-0.25, -0.2) is 42.0 Å². The fourth-order valence-corrected chi connectivity index (χ4v) is 3.71. The predicted octanol–water partition coefficient (Wildman–Crippen LogP) is 3.86. The molecule has 0 aliphatic carbocycles. The zero-order valence-electron chi connectivity index (χ0n) is 16.8. The molecule has 8 nitrogen and oxygen atoms in total. The highest BCUT2D eigenvalue weighted by Gasteiger charge is 2.32. The number of fused-ring (bicyclic) bond motifs is 7. The molecule has 0 aliphatic rings. The van der Waals surface area contributed by atoms with Gasteiger partial charge in [0.2, 0.25) is 16.9 Å². The number of rotatable bonds is 0. The van der Waals surface area contributed by atoms with Crippen LogP contribution < -0.4 is 11.1 Å². The van der Waals surface area contributed by atoms with Crippen LogP contribution in [-0.4, -0.2) is 9.97 Å². The molecule has 3 aromatic carbocycles. The maximum atomic E-state index is 15.3. The van der Waals surface area contributed by atoms with Gasteiger partial charge in [-0.2, -0.15) is 14.9 Å². The first-order valence-corrected chi connectivity index (χ1v) is 9.21. The van der Waals surface area contributed by atoms with Crippen molar-refractivity contribution in [1.82, 2.24) is 9.97 Å². The largest absolute Gasteiger partial charge is 0.443 e. The van der Waals surface area contributed by atoms with Crippen LogP contribution in [0.2, 0.25) is 0 Å². The van der Waals surface area contributed by atoms with Gasteiger partial charge in [0.1, 0.15) is 23.2 Å². The van der Waals surface area contributed by atoms with Crippen LogP contribution in [0.25, 0.3) is 59.9 Å². The van der Waals surface area contributed by atoms with Crippen molar-refractivity contribution in [3.8, 4) is 18.2 Å². The molecule has 0 radical (unpaired) electrons. The summed E-state index contributed by atoms with van der Waals surface area (Å²) in [5.41, 5.74) is -7.27. The summed E-state index contributed by atoms with van der Waals surface area (Å²) in [4.78, 5) is 9.91. The van der Waals surface area contributed by atoms with Crippen molar-refractivity contribution in [3.63, 3.8) is 0 Å². The van der Waals surface area contributed by atoms with Gasteiger partial charge in [0, 0.05) is 10.8 Å². The molecule has 5 rings (SSSR count). The van der Waals surface area contributed by atoms with E-state index in [2.05, 4.69) is 14.8 Å². The summed E-state index contributed by atoms with van der Waals surface area (Å²) in [5.74, 6) is -11.7. The lowest BCUT2D eigenvalue weighted by Crippen LogP contribution is -2.04. The van der Waals surface area contributed by atoms with Crippen LogP contribution in [0.1, 0.15) is 0 Å². The number of nitriles is 3. The molecule has 0 amide bonds. The van der Waals surface area contributed by atoms with Gasteiger partial charge in [0.15, 0.2) is 45.8 Å². The second-order valence-corrected chi connectivity index (χ2v) is 6.95. The van der Waals surface area contributed by atoms with Crippen LogP contribution in [0.5, 0.6) is 0 Å². The minimum absolute atomic E-state index is 0.809. The molecule has 0 unspecified atom stereocenters. The molecule has 0 bridgehead atoms. The van der Waals surface area contributed by atoms with E-state index < -0.39 is 101 Å². The second-order valence-electron chi connectivity index (χ2n) is 6.95. The standard InChI is InChI=1S/C22F6N6O2/c1-32-6(4-31)22-33-17-8-7-10(14(26)12(24)9(8)13(25)16(28)20(17)36-22)19-18(15(27)11(7)23)34-21(35-19)5(2-29)3-30/b22-6-. The van der Waals surface area contributed by atoms with Crippen LogP contribution in [0, 0.1) is 75.5 Å². The Morgan fingerprint density at radius 2 is 1.19 bits per heavy atom. The maximum Gasteiger partial charge on any atom is 0.322 e. The quantitative estimate of drug-likeness (QED) is 0.182. The fraction of sp³-hybridized carbons (Fsp3) is 0. The van der Waals surface area contributed by atoms with Crippen LogP contribution in [-0.2, 0) is 0 Å². The van der Waals surface area contributed by atoms with E-state index in [1.54, 1.807) is 0 Å². The Labute approximate surface area is 192 Å². The van der Waals surface area contributed by atoms with Crippen molar-refractivity contribution in [3.05, 3.63) is 57.4 Å². The molecule has 172 valence electrons. The first-order valence-electron chi connectivity index (χ1n) is 9.21. The minimum Gasteiger partial charge on any atom is -0.443 e. The fourth-order valence-electron chi connectivity index (χ4n) is 3.71. The topological polar surface area (TPSA) is 128 Å². The summed E-state index contributed by atoms with van der Waals surface area (Å²) in [6.07, 6.45) is 0. The Bertz CT molecular complexity index is 2140. The third-order valence-electron chi connectivity index (χ3n) is 5.19. The van der Waals surface area contributed by atoms with E-state index >= 15 is 17.6 Å². The smallest absolute Gasteiger partial charge is 0.322 e. The number of oxazole rings is 2. The normalized spacial score (nSPS) is 11.9. The third-order valence-corrected chi connectivity index (χ3v) is 5.19. The van der Waals surface area contributed by atoms with Gasteiger partial charge in [-0.15, -0.1) is 0 Å². The molecule has 2 aromatic heterocycles. The van der Waals surface area contributed by atoms with Gasteiger partial charge in [-0.3, -0.25) is 0 Å². The lowest BCUT2D eigenvalue weighted by atomic mass is 9.97. The highest BCUT2D eigenvalue weighted by molar-refractivity contribution is 6.23. The van der Waals surface area contributed by atoms with E-state index in [9.17, 15) is 8.78 Å². The van der Waals surface area contributed by atoms with E-state index in [-0.39, 0.29) is 0 Å². The average Bonchev–Trinajstić information content (AvgIpc) is 3.50. The van der Waals surface area contributed by atoms with Crippen molar-refractivity contribution in [2.75, 3.05) is 0 Å². The molecule has 0 saturated heterocycles. The van der Waals surface area contributed by atoms with Crippen LogP contribution in [0.3, 0.4) is 0 Å². The zero-order chi connectivity index (χ0) is 26.0. The SMILES string of the molecule is [C-]#[N+]/C(C#N)=c1/nc2c(o1)c(F)c(F)c1c(F)c(F)c3c4oc(=C(C#N)C#N)nc4c(F)c(F)c3c12. The molecule has 36 heavy (non-hydrogen) atoms. The van der Waals surface area contributed by atoms with Crippen molar-refractivity contribution in [2.24, 2.45) is 0 Å². The number of aromatic nitrogens is 2. The summed E-state index contributed by atoms with van der Waals surface area (Å²) in [7, 11) is 0. The van der Waals surface area contributed by atoms with Crippen LogP contribution in [0.15, 0.2) is 8.83 Å². The summed E-state index contributed by atoms with van der Waals surface area (Å²) in [5, 5.41) is 22.2. The molecule has 0 fully saturated rings. The first kappa shape index (κ1) is 22.2. The van der Waals surface area contributed by atoms with Gasteiger partial charge < -0.3 is 8.83 Å². The van der Waals surface area contributed by atoms with E-state index in [0.717, 1.165) is 0 Å². The average molecular weight is 494 g/mol. The van der Waals surface area contributed by atoms with E-state index in [1.165, 1.54) is 18.2 Å². The summed E-state index contributed by atoms with van der Waals surface area (Å²) < 4.78 is 100.